The third kappa shape index (κ3) is 5.94. The van der Waals surface area contributed by atoms with Crippen molar-refractivity contribution in [1.82, 2.24) is 4.90 Å². The van der Waals surface area contributed by atoms with Crippen LogP contribution in [0.3, 0.4) is 0 Å². The van der Waals surface area contributed by atoms with Crippen LogP contribution < -0.4 is 0 Å². The maximum Gasteiger partial charge on any atom is 0.416 e. The first kappa shape index (κ1) is 21.6. The van der Waals surface area contributed by atoms with E-state index in [1.807, 2.05) is 30.3 Å². The van der Waals surface area contributed by atoms with Crippen molar-refractivity contribution in [2.75, 3.05) is 6.61 Å². The van der Waals surface area contributed by atoms with Crippen molar-refractivity contribution in [3.05, 3.63) is 48.0 Å². The van der Waals surface area contributed by atoms with Crippen molar-refractivity contribution < 1.29 is 14.3 Å². The Bertz CT molecular complexity index is 691. The highest BCUT2D eigenvalue weighted by Gasteiger charge is 2.41. The van der Waals surface area contributed by atoms with Crippen molar-refractivity contribution in [2.45, 2.75) is 71.3 Å². The Balaban J connectivity index is 1.61. The summed E-state index contributed by atoms with van der Waals surface area (Å²) in [7, 11) is 0. The molecular weight excluding hydrogens is 362 g/mol. The fraction of sp³-hybridized carbons (Fsp3) is 0.600. The zero-order valence-electron chi connectivity index (χ0n) is 17.9. The summed E-state index contributed by atoms with van der Waals surface area (Å²) >= 11 is 0. The summed E-state index contributed by atoms with van der Waals surface area (Å²) in [5.74, 6) is 0.692. The minimum absolute atomic E-state index is 0.0919. The van der Waals surface area contributed by atoms with E-state index in [-0.39, 0.29) is 30.4 Å². The highest BCUT2D eigenvalue weighted by Crippen LogP contribution is 2.28. The number of rotatable bonds is 8. The van der Waals surface area contributed by atoms with Gasteiger partial charge in [-0.15, -0.1) is 0 Å². The Morgan fingerprint density at radius 1 is 1.14 bits per heavy atom. The lowest BCUT2D eigenvalue weighted by Crippen LogP contribution is -2.44. The number of carbonyl (C=O) groups is 2. The highest BCUT2D eigenvalue weighted by atomic mass is 16.6. The molecule has 158 valence electrons. The maximum atomic E-state index is 13.3. The normalized spacial score (nSPS) is 21.7. The molecule has 4 heteroatoms. The Kier molecular flexibility index (Phi) is 7.91. The molecule has 2 fully saturated rings. The van der Waals surface area contributed by atoms with Crippen LogP contribution in [0.15, 0.2) is 42.5 Å². The van der Waals surface area contributed by atoms with Crippen LogP contribution in [0, 0.1) is 17.8 Å². The van der Waals surface area contributed by atoms with Crippen LogP contribution in [-0.4, -0.2) is 29.5 Å². The van der Waals surface area contributed by atoms with E-state index in [2.05, 4.69) is 26.0 Å². The van der Waals surface area contributed by atoms with Gasteiger partial charge in [-0.25, -0.2) is 9.69 Å². The molecule has 2 amide bonds. The minimum Gasteiger partial charge on any atom is -0.447 e. The van der Waals surface area contributed by atoms with Gasteiger partial charge in [0, 0.05) is 5.92 Å². The topological polar surface area (TPSA) is 46.6 Å². The Morgan fingerprint density at radius 3 is 2.55 bits per heavy atom. The standard InChI is InChI=1S/C25H35NO3/c1-19(2)23(16-10-9-13-20-11-5-3-6-12-20)24(27)26-22(18-29-25(26)28)17-21-14-7-4-8-15-21/h4,7-10,14-15,19-20,22-23H,3,5-6,11-13,16-18H2,1-2H3/b10-9+/t22-,23-/m0/s1. The Labute approximate surface area is 175 Å². The quantitative estimate of drug-likeness (QED) is 0.524. The highest BCUT2D eigenvalue weighted by molar-refractivity contribution is 5.95. The molecule has 0 bridgehead atoms. The van der Waals surface area contributed by atoms with Gasteiger partial charge in [-0.3, -0.25) is 4.79 Å². The smallest absolute Gasteiger partial charge is 0.416 e. The third-order valence-corrected chi connectivity index (χ3v) is 6.39. The fourth-order valence-corrected chi connectivity index (χ4v) is 4.56. The van der Waals surface area contributed by atoms with Gasteiger partial charge in [0.2, 0.25) is 5.91 Å². The number of amides is 2. The van der Waals surface area contributed by atoms with Crippen molar-refractivity contribution >= 4 is 12.0 Å². The van der Waals surface area contributed by atoms with Crippen molar-refractivity contribution in [3.8, 4) is 0 Å². The number of ether oxygens (including phenoxy) is 1. The molecule has 0 unspecified atom stereocenters. The van der Waals surface area contributed by atoms with Gasteiger partial charge in [0.15, 0.2) is 0 Å². The summed E-state index contributed by atoms with van der Waals surface area (Å²) in [4.78, 5) is 27.0. The van der Waals surface area contributed by atoms with Gasteiger partial charge in [-0.1, -0.05) is 88.4 Å². The van der Waals surface area contributed by atoms with E-state index in [1.165, 1.54) is 37.0 Å². The first-order valence-corrected chi connectivity index (χ1v) is 11.2. The number of nitrogens with zero attached hydrogens (tertiary/aromatic N) is 1. The molecule has 2 atom stereocenters. The summed E-state index contributed by atoms with van der Waals surface area (Å²) < 4.78 is 5.25. The van der Waals surface area contributed by atoms with Crippen LogP contribution in [0.5, 0.6) is 0 Å². The molecule has 1 saturated heterocycles. The van der Waals surface area contributed by atoms with E-state index >= 15 is 0 Å². The molecule has 1 saturated carbocycles. The molecule has 3 rings (SSSR count). The molecule has 0 N–H and O–H groups in total. The van der Waals surface area contributed by atoms with Gasteiger partial charge in [0.05, 0.1) is 6.04 Å². The predicted octanol–water partition coefficient (Wildman–Crippen LogP) is 5.77. The summed E-state index contributed by atoms with van der Waals surface area (Å²) in [6.07, 6.45) is 13.1. The van der Waals surface area contributed by atoms with Gasteiger partial charge in [-0.05, 0) is 36.7 Å². The average molecular weight is 398 g/mol. The van der Waals surface area contributed by atoms with Crippen LogP contribution in [0.25, 0.3) is 0 Å². The summed E-state index contributed by atoms with van der Waals surface area (Å²) in [6.45, 7) is 4.40. The molecular formula is C25H35NO3. The van der Waals surface area contributed by atoms with Crippen LogP contribution in [0.4, 0.5) is 4.79 Å². The molecule has 1 aromatic carbocycles. The summed E-state index contributed by atoms with van der Waals surface area (Å²) in [6, 6.07) is 9.76. The largest absolute Gasteiger partial charge is 0.447 e. The molecule has 0 spiro atoms. The number of allylic oxidation sites excluding steroid dienone is 2. The zero-order valence-corrected chi connectivity index (χ0v) is 17.9. The molecule has 0 aromatic heterocycles. The number of benzene rings is 1. The molecule has 0 radical (unpaired) electrons. The average Bonchev–Trinajstić information content (AvgIpc) is 3.08. The van der Waals surface area contributed by atoms with Crippen LogP contribution in [-0.2, 0) is 16.0 Å². The van der Waals surface area contributed by atoms with Crippen LogP contribution >= 0.6 is 0 Å². The lowest BCUT2D eigenvalue weighted by Gasteiger charge is -2.26. The molecule has 29 heavy (non-hydrogen) atoms. The summed E-state index contributed by atoms with van der Waals surface area (Å²) in [5, 5.41) is 0. The number of cyclic esters (lactones) is 1. The Hall–Kier alpha value is -2.10. The Morgan fingerprint density at radius 2 is 1.86 bits per heavy atom. The summed E-state index contributed by atoms with van der Waals surface area (Å²) in [5.41, 5.74) is 1.11. The second-order valence-electron chi connectivity index (χ2n) is 8.93. The zero-order chi connectivity index (χ0) is 20.6. The van der Waals surface area contributed by atoms with E-state index in [0.717, 1.165) is 17.9 Å². The van der Waals surface area contributed by atoms with Crippen molar-refractivity contribution in [3.63, 3.8) is 0 Å². The van der Waals surface area contributed by atoms with Crippen LogP contribution in [0.2, 0.25) is 0 Å². The second kappa shape index (κ2) is 10.6. The number of imide groups is 1. The molecule has 1 aromatic rings. The first-order valence-electron chi connectivity index (χ1n) is 11.2. The number of hydrogen-bond donors (Lipinski definition) is 0. The van der Waals surface area contributed by atoms with Crippen molar-refractivity contribution in [2.24, 2.45) is 17.8 Å². The fourth-order valence-electron chi connectivity index (χ4n) is 4.56. The molecule has 2 aliphatic rings. The number of carbonyl (C=O) groups excluding carboxylic acids is 2. The van der Waals surface area contributed by atoms with E-state index in [9.17, 15) is 9.59 Å². The SMILES string of the molecule is CC(C)[C@H](C/C=C/CC1CCCCC1)C(=O)N1C(=O)OC[C@@H]1Cc1ccccc1. The van der Waals surface area contributed by atoms with E-state index in [1.54, 1.807) is 0 Å². The lowest BCUT2D eigenvalue weighted by molar-refractivity contribution is -0.134. The van der Waals surface area contributed by atoms with E-state index in [0.29, 0.717) is 12.8 Å². The number of hydrogen-bond acceptors (Lipinski definition) is 3. The van der Waals surface area contributed by atoms with E-state index < -0.39 is 6.09 Å². The van der Waals surface area contributed by atoms with Crippen molar-refractivity contribution in [1.29, 1.82) is 0 Å². The van der Waals surface area contributed by atoms with Crippen LogP contribution in [0.1, 0.15) is 64.4 Å². The minimum atomic E-state index is -0.493. The maximum absolute atomic E-state index is 13.3. The first-order chi connectivity index (χ1) is 14.1. The van der Waals surface area contributed by atoms with Gasteiger partial charge < -0.3 is 4.74 Å². The second-order valence-corrected chi connectivity index (χ2v) is 8.93. The molecule has 1 aliphatic heterocycles. The van der Waals surface area contributed by atoms with Gasteiger partial charge in [0.1, 0.15) is 6.61 Å². The van der Waals surface area contributed by atoms with Gasteiger partial charge in [-0.2, -0.15) is 0 Å². The molecule has 4 nitrogen and oxygen atoms in total. The van der Waals surface area contributed by atoms with Gasteiger partial charge >= 0.3 is 6.09 Å². The molecule has 1 heterocycles. The monoisotopic (exact) mass is 397 g/mol. The molecule has 1 aliphatic carbocycles. The third-order valence-electron chi connectivity index (χ3n) is 6.39. The van der Waals surface area contributed by atoms with E-state index in [4.69, 9.17) is 4.74 Å². The van der Waals surface area contributed by atoms with Gasteiger partial charge in [0.25, 0.3) is 0 Å². The predicted molar refractivity (Wildman–Crippen MR) is 115 cm³/mol. The lowest BCUT2D eigenvalue weighted by atomic mass is 9.86.